The Morgan fingerprint density at radius 1 is 1.47 bits per heavy atom. The van der Waals surface area contributed by atoms with Crippen molar-refractivity contribution in [3.8, 4) is 0 Å². The number of carbonyl (C=O) groups excluding carboxylic acids is 1. The minimum atomic E-state index is -0.836. The van der Waals surface area contributed by atoms with Crippen LogP contribution in [0.5, 0.6) is 0 Å². The molecule has 1 aliphatic rings. The topological polar surface area (TPSA) is 57.6 Å². The number of carbonyl (C=O) groups is 2. The van der Waals surface area contributed by atoms with Crippen molar-refractivity contribution in [3.05, 3.63) is 11.6 Å². The van der Waals surface area contributed by atoms with Gasteiger partial charge >= 0.3 is 5.97 Å². The van der Waals surface area contributed by atoms with Crippen molar-refractivity contribution in [2.24, 2.45) is 0 Å². The monoisotopic (exact) mass is 211 g/mol. The van der Waals surface area contributed by atoms with E-state index in [2.05, 4.69) is 0 Å². The number of rotatable bonds is 3. The summed E-state index contributed by atoms with van der Waals surface area (Å²) in [6.07, 6.45) is 3.33. The maximum atomic E-state index is 11.7. The van der Waals surface area contributed by atoms with Gasteiger partial charge in [-0.3, -0.25) is 9.59 Å². The molecule has 0 aromatic rings. The first-order valence-corrected chi connectivity index (χ1v) is 5.18. The lowest BCUT2D eigenvalue weighted by Gasteiger charge is -2.22. The zero-order valence-corrected chi connectivity index (χ0v) is 9.19. The van der Waals surface area contributed by atoms with Crippen molar-refractivity contribution in [2.45, 2.75) is 39.2 Å². The number of hydrogen-bond donors (Lipinski definition) is 1. The molecule has 1 heterocycles. The lowest BCUT2D eigenvalue weighted by molar-refractivity contribution is -0.139. The average molecular weight is 211 g/mol. The van der Waals surface area contributed by atoms with Gasteiger partial charge in [0.2, 0.25) is 5.91 Å². The van der Waals surface area contributed by atoms with E-state index in [1.807, 2.05) is 13.8 Å². The molecule has 0 radical (unpaired) electrons. The molecule has 15 heavy (non-hydrogen) atoms. The minimum Gasteiger partial charge on any atom is -0.481 e. The second-order valence-corrected chi connectivity index (χ2v) is 4.15. The molecule has 0 bridgehead atoms. The van der Waals surface area contributed by atoms with E-state index in [1.54, 1.807) is 11.0 Å². The quantitative estimate of drug-likeness (QED) is 0.718. The highest BCUT2D eigenvalue weighted by Gasteiger charge is 2.29. The molecular weight excluding hydrogens is 194 g/mol. The van der Waals surface area contributed by atoms with Crippen LogP contribution in [0, 0.1) is 0 Å². The Bertz CT molecular complexity index is 292. The van der Waals surface area contributed by atoms with Gasteiger partial charge in [-0.05, 0) is 26.7 Å². The van der Waals surface area contributed by atoms with E-state index in [0.717, 1.165) is 18.4 Å². The van der Waals surface area contributed by atoms with Crippen LogP contribution in [0.25, 0.3) is 0 Å². The third-order valence-corrected chi connectivity index (χ3v) is 2.48. The van der Waals surface area contributed by atoms with E-state index in [1.165, 1.54) is 0 Å². The third kappa shape index (κ3) is 3.38. The zero-order valence-electron chi connectivity index (χ0n) is 9.19. The molecule has 1 aliphatic heterocycles. The lowest BCUT2D eigenvalue weighted by Crippen LogP contribution is -2.35. The van der Waals surface area contributed by atoms with Gasteiger partial charge in [-0.25, -0.2) is 0 Å². The van der Waals surface area contributed by atoms with E-state index in [0.29, 0.717) is 6.54 Å². The first-order valence-electron chi connectivity index (χ1n) is 5.18. The summed E-state index contributed by atoms with van der Waals surface area (Å²) in [4.78, 5) is 24.0. The molecule has 1 amide bonds. The van der Waals surface area contributed by atoms with Crippen molar-refractivity contribution >= 4 is 11.9 Å². The van der Waals surface area contributed by atoms with Gasteiger partial charge in [-0.2, -0.15) is 0 Å². The predicted molar refractivity (Wildman–Crippen MR) is 56.4 cm³/mol. The Labute approximate surface area is 89.6 Å². The number of amides is 1. The van der Waals surface area contributed by atoms with E-state index in [-0.39, 0.29) is 18.4 Å². The molecule has 4 nitrogen and oxygen atoms in total. The molecule has 0 aromatic carbocycles. The van der Waals surface area contributed by atoms with E-state index in [4.69, 9.17) is 5.11 Å². The lowest BCUT2D eigenvalue weighted by atomic mass is 10.1. The zero-order chi connectivity index (χ0) is 11.4. The number of carboxylic acid groups (broad SMARTS) is 1. The normalized spacial score (nSPS) is 20.1. The van der Waals surface area contributed by atoms with Gasteiger partial charge in [0.25, 0.3) is 0 Å². The van der Waals surface area contributed by atoms with Crippen LogP contribution >= 0.6 is 0 Å². The van der Waals surface area contributed by atoms with Crippen molar-refractivity contribution in [1.82, 2.24) is 4.90 Å². The van der Waals surface area contributed by atoms with Crippen molar-refractivity contribution in [1.29, 1.82) is 0 Å². The third-order valence-electron chi connectivity index (χ3n) is 2.48. The van der Waals surface area contributed by atoms with Gasteiger partial charge in [0.05, 0.1) is 6.42 Å². The molecule has 0 spiro atoms. The van der Waals surface area contributed by atoms with E-state index >= 15 is 0 Å². The molecular formula is C11H17NO3. The van der Waals surface area contributed by atoms with Gasteiger partial charge in [0.1, 0.15) is 0 Å². The number of aliphatic carboxylic acids is 1. The van der Waals surface area contributed by atoms with Crippen molar-refractivity contribution in [2.75, 3.05) is 6.54 Å². The summed E-state index contributed by atoms with van der Waals surface area (Å²) in [6.45, 7) is 4.40. The second-order valence-electron chi connectivity index (χ2n) is 4.15. The van der Waals surface area contributed by atoms with Crippen LogP contribution in [0.15, 0.2) is 11.6 Å². The summed E-state index contributed by atoms with van der Waals surface area (Å²) < 4.78 is 0. The van der Waals surface area contributed by atoms with Gasteiger partial charge < -0.3 is 10.0 Å². The van der Waals surface area contributed by atoms with Crippen LogP contribution < -0.4 is 0 Å². The molecule has 0 saturated carbocycles. The summed E-state index contributed by atoms with van der Waals surface area (Å²) in [5, 5.41) is 8.70. The van der Waals surface area contributed by atoms with Crippen LogP contribution in [-0.2, 0) is 9.59 Å². The van der Waals surface area contributed by atoms with Gasteiger partial charge in [-0.15, -0.1) is 0 Å². The minimum absolute atomic E-state index is 0.0567. The highest BCUT2D eigenvalue weighted by Crippen LogP contribution is 2.20. The standard InChI is InChI=1S/C11H17NO3/c1-8(2)6-10(13)12-5-3-4-9(12)7-11(14)15/h6,9H,3-5,7H2,1-2H3,(H,14,15). The maximum absolute atomic E-state index is 11.7. The molecule has 1 atom stereocenters. The Hall–Kier alpha value is -1.32. The molecule has 0 aliphatic carbocycles. The molecule has 1 saturated heterocycles. The number of carboxylic acids is 1. The molecule has 1 rings (SSSR count). The molecule has 0 aromatic heterocycles. The largest absolute Gasteiger partial charge is 0.481 e. The van der Waals surface area contributed by atoms with E-state index in [9.17, 15) is 9.59 Å². The molecule has 84 valence electrons. The summed E-state index contributed by atoms with van der Waals surface area (Å²) in [5.41, 5.74) is 0.945. The number of likely N-dealkylation sites (tertiary alicyclic amines) is 1. The fourth-order valence-corrected chi connectivity index (χ4v) is 1.87. The van der Waals surface area contributed by atoms with Gasteiger partial charge in [0.15, 0.2) is 0 Å². The van der Waals surface area contributed by atoms with Crippen LogP contribution in [-0.4, -0.2) is 34.5 Å². The number of hydrogen-bond acceptors (Lipinski definition) is 2. The summed E-state index contributed by atoms with van der Waals surface area (Å²) in [5.74, 6) is -0.893. The van der Waals surface area contributed by atoms with Gasteiger partial charge in [0, 0.05) is 18.7 Å². The van der Waals surface area contributed by atoms with Gasteiger partial charge in [-0.1, -0.05) is 5.57 Å². The predicted octanol–water partition coefficient (Wildman–Crippen LogP) is 1.42. The van der Waals surface area contributed by atoms with Crippen LogP contribution in [0.1, 0.15) is 33.1 Å². The average Bonchev–Trinajstić information content (AvgIpc) is 2.49. The Morgan fingerprint density at radius 3 is 2.67 bits per heavy atom. The summed E-state index contributed by atoms with van der Waals surface area (Å²) in [6, 6.07) is -0.120. The molecule has 1 unspecified atom stereocenters. The fraction of sp³-hybridized carbons (Fsp3) is 0.636. The summed E-state index contributed by atoms with van der Waals surface area (Å²) >= 11 is 0. The van der Waals surface area contributed by atoms with Crippen LogP contribution in [0.2, 0.25) is 0 Å². The number of nitrogens with zero attached hydrogens (tertiary/aromatic N) is 1. The first-order chi connectivity index (χ1) is 7.00. The fourth-order valence-electron chi connectivity index (χ4n) is 1.87. The Balaban J connectivity index is 2.64. The highest BCUT2D eigenvalue weighted by atomic mass is 16.4. The highest BCUT2D eigenvalue weighted by molar-refractivity contribution is 5.89. The number of allylic oxidation sites excluding steroid dienone is 1. The van der Waals surface area contributed by atoms with Crippen molar-refractivity contribution in [3.63, 3.8) is 0 Å². The molecule has 4 heteroatoms. The van der Waals surface area contributed by atoms with E-state index < -0.39 is 5.97 Å². The van der Waals surface area contributed by atoms with Crippen LogP contribution in [0.4, 0.5) is 0 Å². The Morgan fingerprint density at radius 2 is 2.13 bits per heavy atom. The first kappa shape index (κ1) is 11.8. The Kier molecular flexibility index (Phi) is 3.88. The summed E-state index contributed by atoms with van der Waals surface area (Å²) in [7, 11) is 0. The maximum Gasteiger partial charge on any atom is 0.305 e. The SMILES string of the molecule is CC(C)=CC(=O)N1CCCC1CC(=O)O. The second kappa shape index (κ2) is 4.96. The van der Waals surface area contributed by atoms with Crippen molar-refractivity contribution < 1.29 is 14.7 Å². The van der Waals surface area contributed by atoms with Crippen LogP contribution in [0.3, 0.4) is 0 Å². The molecule has 1 N–H and O–H groups in total. The smallest absolute Gasteiger partial charge is 0.305 e. The molecule has 1 fully saturated rings.